The highest BCUT2D eigenvalue weighted by Crippen LogP contribution is 2.23. The molecule has 0 aliphatic carbocycles. The van der Waals surface area contributed by atoms with E-state index >= 15 is 0 Å². The first-order valence-electron chi connectivity index (χ1n) is 5.72. The maximum atomic E-state index is 3.60. The Balaban J connectivity index is 2.57. The monoisotopic (exact) mass is 347 g/mol. The molecule has 1 aromatic carbocycles. The van der Waals surface area contributed by atoms with Gasteiger partial charge in [0.1, 0.15) is 0 Å². The van der Waals surface area contributed by atoms with Crippen molar-refractivity contribution in [2.24, 2.45) is 5.92 Å². The molecule has 1 rings (SSSR count). The van der Waals surface area contributed by atoms with Crippen molar-refractivity contribution in [3.05, 3.63) is 32.7 Å². The van der Waals surface area contributed by atoms with E-state index in [2.05, 4.69) is 76.1 Å². The topological polar surface area (TPSA) is 12.0 Å². The van der Waals surface area contributed by atoms with E-state index in [9.17, 15) is 0 Å². The highest BCUT2D eigenvalue weighted by atomic mass is 79.9. The van der Waals surface area contributed by atoms with Gasteiger partial charge in [-0.3, -0.25) is 0 Å². The van der Waals surface area contributed by atoms with E-state index in [0.717, 1.165) is 15.5 Å². The molecule has 1 N–H and O–H groups in total. The summed E-state index contributed by atoms with van der Waals surface area (Å²) in [5, 5.41) is 3.60. The largest absolute Gasteiger partial charge is 0.310 e. The van der Waals surface area contributed by atoms with Crippen LogP contribution in [0.4, 0.5) is 0 Å². The van der Waals surface area contributed by atoms with Crippen molar-refractivity contribution in [3.63, 3.8) is 0 Å². The summed E-state index contributed by atoms with van der Waals surface area (Å²) in [6, 6.07) is 6.98. The molecule has 0 bridgehead atoms. The first-order chi connectivity index (χ1) is 7.54. The zero-order valence-corrected chi connectivity index (χ0v) is 13.2. The van der Waals surface area contributed by atoms with E-state index in [1.165, 1.54) is 12.0 Å². The van der Waals surface area contributed by atoms with Gasteiger partial charge in [0, 0.05) is 21.5 Å². The molecule has 0 aliphatic rings. The fourth-order valence-electron chi connectivity index (χ4n) is 1.75. The molecule has 0 saturated heterocycles. The molecule has 0 aliphatic heterocycles. The lowest BCUT2D eigenvalue weighted by molar-refractivity contribution is 0.387. The van der Waals surface area contributed by atoms with E-state index in [4.69, 9.17) is 0 Å². The lowest BCUT2D eigenvalue weighted by Gasteiger charge is -2.20. The number of hydrogen-bond donors (Lipinski definition) is 1. The number of rotatable bonds is 5. The quantitative estimate of drug-likeness (QED) is 0.810. The van der Waals surface area contributed by atoms with Crippen LogP contribution in [0.2, 0.25) is 0 Å². The van der Waals surface area contributed by atoms with Crippen LogP contribution < -0.4 is 5.32 Å². The average Bonchev–Trinajstić information content (AvgIpc) is 2.23. The van der Waals surface area contributed by atoms with Gasteiger partial charge in [0.25, 0.3) is 0 Å². The Morgan fingerprint density at radius 3 is 2.38 bits per heavy atom. The Bertz CT molecular complexity index is 337. The number of halogens is 2. The minimum absolute atomic E-state index is 0.599. The van der Waals surface area contributed by atoms with E-state index in [1.54, 1.807) is 0 Å². The van der Waals surface area contributed by atoms with Crippen molar-refractivity contribution in [3.8, 4) is 0 Å². The van der Waals surface area contributed by atoms with Crippen molar-refractivity contribution < 1.29 is 0 Å². The Morgan fingerprint density at radius 2 is 1.88 bits per heavy atom. The van der Waals surface area contributed by atoms with Crippen LogP contribution >= 0.6 is 31.9 Å². The van der Waals surface area contributed by atoms with Crippen LogP contribution in [0, 0.1) is 5.92 Å². The minimum Gasteiger partial charge on any atom is -0.310 e. The molecule has 1 unspecified atom stereocenters. The fraction of sp³-hybridized carbons (Fsp3) is 0.538. The zero-order chi connectivity index (χ0) is 12.1. The first-order valence-corrected chi connectivity index (χ1v) is 7.30. The van der Waals surface area contributed by atoms with Crippen LogP contribution in [-0.4, -0.2) is 6.04 Å². The molecule has 0 heterocycles. The van der Waals surface area contributed by atoms with E-state index in [1.807, 2.05) is 0 Å². The molecule has 90 valence electrons. The molecule has 3 heteroatoms. The molecule has 16 heavy (non-hydrogen) atoms. The Labute approximate surface area is 115 Å². The third-order valence-electron chi connectivity index (χ3n) is 2.80. The Hall–Kier alpha value is 0.140. The summed E-state index contributed by atoms with van der Waals surface area (Å²) in [5.74, 6) is 0.684. The SMILES string of the molecule is CCC(NCc1ccc(Br)c(Br)c1)C(C)C. The van der Waals surface area contributed by atoms with Crippen molar-refractivity contribution >= 4 is 31.9 Å². The molecule has 1 aromatic rings. The third kappa shape index (κ3) is 4.19. The lowest BCUT2D eigenvalue weighted by Crippen LogP contribution is -2.32. The molecule has 0 fully saturated rings. The average molecular weight is 349 g/mol. The standard InChI is InChI=1S/C13H19Br2N/c1-4-13(9(2)3)16-8-10-5-6-11(14)12(15)7-10/h5-7,9,13,16H,4,8H2,1-3H3. The van der Waals surface area contributed by atoms with Crippen LogP contribution in [0.15, 0.2) is 27.1 Å². The highest BCUT2D eigenvalue weighted by Gasteiger charge is 2.09. The summed E-state index contributed by atoms with van der Waals surface area (Å²) in [4.78, 5) is 0. The molecule has 0 amide bonds. The van der Waals surface area contributed by atoms with Gasteiger partial charge >= 0.3 is 0 Å². The second-order valence-electron chi connectivity index (χ2n) is 4.39. The van der Waals surface area contributed by atoms with Gasteiger partial charge in [0.15, 0.2) is 0 Å². The molecule has 0 radical (unpaired) electrons. The van der Waals surface area contributed by atoms with Crippen LogP contribution in [0.25, 0.3) is 0 Å². The number of nitrogens with one attached hydrogen (secondary N) is 1. The van der Waals surface area contributed by atoms with Crippen molar-refractivity contribution in [2.45, 2.75) is 39.8 Å². The summed E-state index contributed by atoms with van der Waals surface area (Å²) in [7, 11) is 0. The van der Waals surface area contributed by atoms with Gasteiger partial charge in [-0.1, -0.05) is 26.8 Å². The summed E-state index contributed by atoms with van der Waals surface area (Å²) in [6.45, 7) is 7.69. The second-order valence-corrected chi connectivity index (χ2v) is 6.10. The smallest absolute Gasteiger partial charge is 0.0320 e. The van der Waals surface area contributed by atoms with Crippen molar-refractivity contribution in [2.75, 3.05) is 0 Å². The molecular weight excluding hydrogens is 330 g/mol. The van der Waals surface area contributed by atoms with Crippen molar-refractivity contribution in [1.29, 1.82) is 0 Å². The zero-order valence-electron chi connectivity index (χ0n) is 10.1. The van der Waals surface area contributed by atoms with Crippen LogP contribution in [-0.2, 0) is 6.54 Å². The molecule has 0 saturated carbocycles. The first kappa shape index (κ1) is 14.2. The predicted molar refractivity (Wildman–Crippen MR) is 77.6 cm³/mol. The summed E-state index contributed by atoms with van der Waals surface area (Å²) < 4.78 is 2.22. The van der Waals surface area contributed by atoms with Crippen LogP contribution in [0.3, 0.4) is 0 Å². The van der Waals surface area contributed by atoms with Gasteiger partial charge < -0.3 is 5.32 Å². The van der Waals surface area contributed by atoms with Crippen molar-refractivity contribution in [1.82, 2.24) is 5.32 Å². The lowest BCUT2D eigenvalue weighted by atomic mass is 10.0. The Kier molecular flexibility index (Phi) is 6.01. The third-order valence-corrected chi connectivity index (χ3v) is 4.68. The summed E-state index contributed by atoms with van der Waals surface area (Å²) in [6.07, 6.45) is 1.18. The summed E-state index contributed by atoms with van der Waals surface area (Å²) in [5.41, 5.74) is 1.31. The molecule has 1 nitrogen and oxygen atoms in total. The Morgan fingerprint density at radius 1 is 1.19 bits per heavy atom. The maximum Gasteiger partial charge on any atom is 0.0320 e. The van der Waals surface area contributed by atoms with E-state index in [0.29, 0.717) is 12.0 Å². The maximum absolute atomic E-state index is 3.60. The molecule has 0 spiro atoms. The second kappa shape index (κ2) is 6.77. The van der Waals surface area contributed by atoms with E-state index < -0.39 is 0 Å². The molecular formula is C13H19Br2N. The molecule has 1 atom stereocenters. The fourth-order valence-corrected chi connectivity index (χ4v) is 2.42. The van der Waals surface area contributed by atoms with Gasteiger partial charge in [0.2, 0.25) is 0 Å². The highest BCUT2D eigenvalue weighted by molar-refractivity contribution is 9.13. The van der Waals surface area contributed by atoms with Gasteiger partial charge in [0.05, 0.1) is 0 Å². The number of benzene rings is 1. The van der Waals surface area contributed by atoms with Gasteiger partial charge in [-0.2, -0.15) is 0 Å². The van der Waals surface area contributed by atoms with Gasteiger partial charge in [-0.15, -0.1) is 0 Å². The van der Waals surface area contributed by atoms with Crippen LogP contribution in [0.5, 0.6) is 0 Å². The minimum atomic E-state index is 0.599. The van der Waals surface area contributed by atoms with Crippen LogP contribution in [0.1, 0.15) is 32.8 Å². The van der Waals surface area contributed by atoms with Gasteiger partial charge in [-0.05, 0) is 61.9 Å². The predicted octanol–water partition coefficient (Wildman–Crippen LogP) is 4.74. The summed E-state index contributed by atoms with van der Waals surface area (Å²) >= 11 is 7.00. The number of hydrogen-bond acceptors (Lipinski definition) is 1. The van der Waals surface area contributed by atoms with E-state index in [-0.39, 0.29) is 0 Å². The normalized spacial score (nSPS) is 13.1. The van der Waals surface area contributed by atoms with Gasteiger partial charge in [-0.25, -0.2) is 0 Å². The molecule has 0 aromatic heterocycles.